The zero-order valence-corrected chi connectivity index (χ0v) is 9.83. The number of hydrogen-bond donors (Lipinski definition) is 2. The van der Waals surface area contributed by atoms with E-state index in [2.05, 4.69) is 5.32 Å². The van der Waals surface area contributed by atoms with Gasteiger partial charge in [0.25, 0.3) is 0 Å². The highest BCUT2D eigenvalue weighted by atomic mass is 16.2. The van der Waals surface area contributed by atoms with Crippen LogP contribution in [0.25, 0.3) is 0 Å². The predicted octanol–water partition coefficient (Wildman–Crippen LogP) is 1.31. The number of nitrogens with one attached hydrogen (secondary N) is 1. The van der Waals surface area contributed by atoms with E-state index in [-0.39, 0.29) is 12.1 Å². The summed E-state index contributed by atoms with van der Waals surface area (Å²) in [7, 11) is 0. The maximum atomic E-state index is 11.8. The van der Waals surface area contributed by atoms with Crippen LogP contribution in [0.5, 0.6) is 0 Å². The van der Waals surface area contributed by atoms with Crippen molar-refractivity contribution in [1.82, 2.24) is 10.2 Å². The average molecular weight is 213 g/mol. The van der Waals surface area contributed by atoms with Crippen molar-refractivity contribution >= 4 is 6.03 Å². The monoisotopic (exact) mass is 213 g/mol. The number of carbonyl (C=O) groups is 1. The van der Waals surface area contributed by atoms with Gasteiger partial charge in [-0.25, -0.2) is 4.79 Å². The molecule has 0 radical (unpaired) electrons. The number of rotatable bonds is 4. The Morgan fingerprint density at radius 2 is 2.33 bits per heavy atom. The van der Waals surface area contributed by atoms with E-state index in [1.54, 1.807) is 0 Å². The summed E-state index contributed by atoms with van der Waals surface area (Å²) >= 11 is 0. The third-order valence-corrected chi connectivity index (χ3v) is 2.79. The molecule has 1 fully saturated rings. The van der Waals surface area contributed by atoms with Gasteiger partial charge in [-0.05, 0) is 46.1 Å². The second-order valence-corrected chi connectivity index (χ2v) is 4.52. The Hall–Kier alpha value is -0.770. The molecule has 0 aromatic rings. The Morgan fingerprint density at radius 3 is 2.93 bits per heavy atom. The smallest absolute Gasteiger partial charge is 0.317 e. The van der Waals surface area contributed by atoms with Crippen molar-refractivity contribution in [3.8, 4) is 0 Å². The molecular weight excluding hydrogens is 190 g/mol. The standard InChI is InChI=1S/C11H23N3O/c1-9(2)13-11(15)14-8-4-6-10(14)5-3-7-12/h9-10H,3-8,12H2,1-2H3,(H,13,15). The van der Waals surface area contributed by atoms with Gasteiger partial charge in [0.15, 0.2) is 0 Å². The number of nitrogens with two attached hydrogens (primary N) is 1. The van der Waals surface area contributed by atoms with Crippen molar-refractivity contribution in [3.63, 3.8) is 0 Å². The van der Waals surface area contributed by atoms with Crippen LogP contribution in [0.2, 0.25) is 0 Å². The topological polar surface area (TPSA) is 58.4 Å². The predicted molar refractivity (Wildman–Crippen MR) is 61.7 cm³/mol. The summed E-state index contributed by atoms with van der Waals surface area (Å²) in [6, 6.07) is 0.713. The molecule has 1 aliphatic rings. The van der Waals surface area contributed by atoms with E-state index in [0.717, 1.165) is 38.8 Å². The van der Waals surface area contributed by atoms with Crippen LogP contribution in [0, 0.1) is 0 Å². The van der Waals surface area contributed by atoms with Crippen molar-refractivity contribution in [1.29, 1.82) is 0 Å². The minimum absolute atomic E-state index is 0.0875. The van der Waals surface area contributed by atoms with Gasteiger partial charge in [-0.15, -0.1) is 0 Å². The fourth-order valence-electron chi connectivity index (χ4n) is 2.09. The van der Waals surface area contributed by atoms with Crippen molar-refractivity contribution in [3.05, 3.63) is 0 Å². The van der Waals surface area contributed by atoms with Crippen molar-refractivity contribution < 1.29 is 4.79 Å². The van der Waals surface area contributed by atoms with Crippen LogP contribution in [0.1, 0.15) is 39.5 Å². The summed E-state index contributed by atoms with van der Waals surface area (Å²) < 4.78 is 0. The molecule has 0 bridgehead atoms. The first-order chi connectivity index (χ1) is 7.15. The van der Waals surface area contributed by atoms with Gasteiger partial charge in [-0.1, -0.05) is 0 Å². The van der Waals surface area contributed by atoms with E-state index in [4.69, 9.17) is 5.73 Å². The molecule has 0 spiro atoms. The number of amides is 2. The third kappa shape index (κ3) is 3.70. The molecule has 1 saturated heterocycles. The lowest BCUT2D eigenvalue weighted by Crippen LogP contribution is -2.45. The summed E-state index contributed by atoms with van der Waals surface area (Å²) in [5.41, 5.74) is 5.49. The van der Waals surface area contributed by atoms with Gasteiger partial charge in [0, 0.05) is 18.6 Å². The number of carbonyl (C=O) groups excluding carboxylic acids is 1. The zero-order chi connectivity index (χ0) is 11.3. The van der Waals surface area contributed by atoms with Gasteiger partial charge in [-0.3, -0.25) is 0 Å². The lowest BCUT2D eigenvalue weighted by atomic mass is 10.1. The summed E-state index contributed by atoms with van der Waals surface area (Å²) in [5, 5.41) is 2.95. The first-order valence-electron chi connectivity index (χ1n) is 5.92. The lowest BCUT2D eigenvalue weighted by molar-refractivity contribution is 0.187. The molecule has 1 aliphatic heterocycles. The van der Waals surface area contributed by atoms with E-state index in [9.17, 15) is 4.79 Å². The highest BCUT2D eigenvalue weighted by molar-refractivity contribution is 5.75. The minimum atomic E-state index is 0.0875. The van der Waals surface area contributed by atoms with E-state index < -0.39 is 0 Å². The maximum absolute atomic E-state index is 11.8. The van der Waals surface area contributed by atoms with Crippen LogP contribution in [0.4, 0.5) is 4.79 Å². The molecule has 0 aromatic carbocycles. The van der Waals surface area contributed by atoms with Gasteiger partial charge in [0.1, 0.15) is 0 Å². The molecule has 15 heavy (non-hydrogen) atoms. The average Bonchev–Trinajstić information content (AvgIpc) is 2.61. The van der Waals surface area contributed by atoms with Crippen LogP contribution >= 0.6 is 0 Å². The largest absolute Gasteiger partial charge is 0.336 e. The Balaban J connectivity index is 2.41. The minimum Gasteiger partial charge on any atom is -0.336 e. The summed E-state index contributed by atoms with van der Waals surface area (Å²) in [4.78, 5) is 13.8. The molecular formula is C11H23N3O. The van der Waals surface area contributed by atoms with Crippen molar-refractivity contribution in [2.24, 2.45) is 5.73 Å². The second-order valence-electron chi connectivity index (χ2n) is 4.52. The Bertz CT molecular complexity index is 206. The molecule has 1 unspecified atom stereocenters. The summed E-state index contributed by atoms with van der Waals surface area (Å²) in [6.07, 6.45) is 4.31. The lowest BCUT2D eigenvalue weighted by Gasteiger charge is -2.25. The molecule has 0 aliphatic carbocycles. The molecule has 1 atom stereocenters. The fourth-order valence-corrected chi connectivity index (χ4v) is 2.09. The molecule has 4 heteroatoms. The van der Waals surface area contributed by atoms with Crippen LogP contribution < -0.4 is 11.1 Å². The molecule has 3 N–H and O–H groups in total. The number of nitrogens with zero attached hydrogens (tertiary/aromatic N) is 1. The van der Waals surface area contributed by atoms with E-state index >= 15 is 0 Å². The quantitative estimate of drug-likeness (QED) is 0.739. The van der Waals surface area contributed by atoms with Crippen LogP contribution in [0.3, 0.4) is 0 Å². The van der Waals surface area contributed by atoms with E-state index in [1.165, 1.54) is 0 Å². The van der Waals surface area contributed by atoms with Gasteiger partial charge in [-0.2, -0.15) is 0 Å². The molecule has 88 valence electrons. The summed E-state index contributed by atoms with van der Waals surface area (Å²) in [5.74, 6) is 0. The normalized spacial score (nSPS) is 21.1. The van der Waals surface area contributed by atoms with Gasteiger partial charge in [0.05, 0.1) is 0 Å². The number of hydrogen-bond acceptors (Lipinski definition) is 2. The van der Waals surface area contributed by atoms with Gasteiger partial charge in [0.2, 0.25) is 0 Å². The number of likely N-dealkylation sites (tertiary alicyclic amines) is 1. The highest BCUT2D eigenvalue weighted by Gasteiger charge is 2.28. The Labute approximate surface area is 92.2 Å². The second kappa shape index (κ2) is 5.95. The van der Waals surface area contributed by atoms with E-state index in [0.29, 0.717) is 6.04 Å². The van der Waals surface area contributed by atoms with Gasteiger partial charge >= 0.3 is 6.03 Å². The van der Waals surface area contributed by atoms with Crippen molar-refractivity contribution in [2.75, 3.05) is 13.1 Å². The summed E-state index contributed by atoms with van der Waals surface area (Å²) in [6.45, 7) is 5.59. The zero-order valence-electron chi connectivity index (χ0n) is 9.83. The van der Waals surface area contributed by atoms with Gasteiger partial charge < -0.3 is 16.0 Å². The highest BCUT2D eigenvalue weighted by Crippen LogP contribution is 2.21. The molecule has 2 amide bonds. The molecule has 4 nitrogen and oxygen atoms in total. The number of urea groups is 1. The third-order valence-electron chi connectivity index (χ3n) is 2.79. The van der Waals surface area contributed by atoms with Crippen LogP contribution in [0.15, 0.2) is 0 Å². The van der Waals surface area contributed by atoms with Crippen LogP contribution in [-0.4, -0.2) is 36.1 Å². The molecule has 1 heterocycles. The maximum Gasteiger partial charge on any atom is 0.317 e. The molecule has 1 rings (SSSR count). The first-order valence-corrected chi connectivity index (χ1v) is 5.92. The first kappa shape index (κ1) is 12.3. The molecule has 0 aromatic heterocycles. The fraction of sp³-hybridized carbons (Fsp3) is 0.909. The van der Waals surface area contributed by atoms with E-state index in [1.807, 2.05) is 18.7 Å². The molecule has 0 saturated carbocycles. The SMILES string of the molecule is CC(C)NC(=O)N1CCCC1CCCN. The Morgan fingerprint density at radius 1 is 1.60 bits per heavy atom. The van der Waals surface area contributed by atoms with Crippen molar-refractivity contribution in [2.45, 2.75) is 51.6 Å². The Kier molecular flexibility index (Phi) is 4.88. The van der Waals surface area contributed by atoms with Crippen LogP contribution in [-0.2, 0) is 0 Å².